The molecule has 1 N–H and O–H groups in total. The molecular weight excluding hydrogens is 284 g/mol. The Balaban J connectivity index is 1.93. The summed E-state index contributed by atoms with van der Waals surface area (Å²) < 4.78 is 6.01. The van der Waals surface area contributed by atoms with Crippen molar-refractivity contribution >= 4 is 27.4 Å². The van der Waals surface area contributed by atoms with E-state index >= 15 is 0 Å². The smallest absolute Gasteiger partial charge is 0.338 e. The van der Waals surface area contributed by atoms with E-state index in [0.717, 1.165) is 20.5 Å². The number of hydrogen-bond acceptors (Lipinski definition) is 4. The van der Waals surface area contributed by atoms with Crippen LogP contribution in [0.1, 0.15) is 17.3 Å². The SMILES string of the molecule is CCOC(=O)c1ccc(-c2cc3ccc(O)cc3s2)cc1. The quantitative estimate of drug-likeness (QED) is 0.727. The minimum absolute atomic E-state index is 0.272. The van der Waals surface area contributed by atoms with Crippen molar-refractivity contribution in [1.29, 1.82) is 0 Å². The fourth-order valence-corrected chi connectivity index (χ4v) is 3.25. The van der Waals surface area contributed by atoms with Gasteiger partial charge >= 0.3 is 5.97 Å². The molecule has 0 saturated carbocycles. The van der Waals surface area contributed by atoms with Crippen molar-refractivity contribution in [2.24, 2.45) is 0 Å². The van der Waals surface area contributed by atoms with Crippen LogP contribution in [0.15, 0.2) is 48.5 Å². The monoisotopic (exact) mass is 298 g/mol. The lowest BCUT2D eigenvalue weighted by Gasteiger charge is -2.02. The molecule has 106 valence electrons. The largest absolute Gasteiger partial charge is 0.508 e. The van der Waals surface area contributed by atoms with E-state index in [9.17, 15) is 9.90 Å². The van der Waals surface area contributed by atoms with E-state index in [4.69, 9.17) is 4.74 Å². The molecule has 0 aliphatic rings. The summed E-state index contributed by atoms with van der Waals surface area (Å²) in [7, 11) is 0. The lowest BCUT2D eigenvalue weighted by molar-refractivity contribution is 0.0526. The molecular formula is C17H14O3S. The zero-order valence-corrected chi connectivity index (χ0v) is 12.3. The number of carbonyl (C=O) groups is 1. The Hall–Kier alpha value is -2.33. The third-order valence-corrected chi connectivity index (χ3v) is 4.33. The molecule has 1 aromatic heterocycles. The highest BCUT2D eigenvalue weighted by molar-refractivity contribution is 7.22. The van der Waals surface area contributed by atoms with Crippen molar-refractivity contribution in [3.8, 4) is 16.2 Å². The average Bonchev–Trinajstić information content (AvgIpc) is 2.90. The number of hydrogen-bond donors (Lipinski definition) is 1. The van der Waals surface area contributed by atoms with Crippen LogP contribution < -0.4 is 0 Å². The van der Waals surface area contributed by atoms with Crippen LogP contribution in [0.4, 0.5) is 0 Å². The summed E-state index contributed by atoms with van der Waals surface area (Å²) in [6, 6.07) is 14.8. The number of esters is 1. The highest BCUT2D eigenvalue weighted by Crippen LogP contribution is 2.35. The number of rotatable bonds is 3. The van der Waals surface area contributed by atoms with Gasteiger partial charge in [-0.3, -0.25) is 0 Å². The first kappa shape index (κ1) is 13.6. The lowest BCUT2D eigenvalue weighted by Crippen LogP contribution is -2.03. The Morgan fingerprint density at radius 3 is 2.62 bits per heavy atom. The van der Waals surface area contributed by atoms with Gasteiger partial charge in [0.2, 0.25) is 0 Å². The fourth-order valence-electron chi connectivity index (χ4n) is 2.15. The van der Waals surface area contributed by atoms with Gasteiger partial charge in [-0.15, -0.1) is 11.3 Å². The predicted molar refractivity (Wildman–Crippen MR) is 84.9 cm³/mol. The molecule has 0 spiro atoms. The molecule has 0 aliphatic carbocycles. The second-order valence-electron chi connectivity index (χ2n) is 4.63. The molecule has 0 unspecified atom stereocenters. The van der Waals surface area contributed by atoms with Crippen molar-refractivity contribution in [2.75, 3.05) is 6.61 Å². The maximum Gasteiger partial charge on any atom is 0.338 e. The normalized spacial score (nSPS) is 10.7. The van der Waals surface area contributed by atoms with Crippen molar-refractivity contribution in [2.45, 2.75) is 6.92 Å². The maximum absolute atomic E-state index is 11.6. The molecule has 0 aliphatic heterocycles. The van der Waals surface area contributed by atoms with Gasteiger partial charge in [0.05, 0.1) is 12.2 Å². The van der Waals surface area contributed by atoms with Gasteiger partial charge in [-0.1, -0.05) is 12.1 Å². The molecule has 3 rings (SSSR count). The van der Waals surface area contributed by atoms with Crippen molar-refractivity contribution in [3.05, 3.63) is 54.1 Å². The maximum atomic E-state index is 11.6. The summed E-state index contributed by atoms with van der Waals surface area (Å²) in [6.07, 6.45) is 0. The van der Waals surface area contributed by atoms with Gasteiger partial charge in [0.25, 0.3) is 0 Å². The molecule has 0 atom stereocenters. The molecule has 3 aromatic rings. The Kier molecular flexibility index (Phi) is 3.62. The Bertz CT molecular complexity index is 787. The van der Waals surface area contributed by atoms with E-state index in [-0.39, 0.29) is 11.7 Å². The summed E-state index contributed by atoms with van der Waals surface area (Å²) >= 11 is 1.61. The Morgan fingerprint density at radius 2 is 1.90 bits per heavy atom. The number of phenols is 1. The molecule has 2 aromatic carbocycles. The van der Waals surface area contributed by atoms with Gasteiger partial charge in [0, 0.05) is 9.58 Å². The minimum Gasteiger partial charge on any atom is -0.508 e. The van der Waals surface area contributed by atoms with Crippen LogP contribution in [0.2, 0.25) is 0 Å². The molecule has 0 radical (unpaired) electrons. The van der Waals surface area contributed by atoms with Crippen molar-refractivity contribution in [3.63, 3.8) is 0 Å². The number of fused-ring (bicyclic) bond motifs is 1. The van der Waals surface area contributed by atoms with Crippen LogP contribution in [0.25, 0.3) is 20.5 Å². The molecule has 1 heterocycles. The second kappa shape index (κ2) is 5.58. The first-order valence-electron chi connectivity index (χ1n) is 6.67. The molecule has 3 nitrogen and oxygen atoms in total. The average molecular weight is 298 g/mol. The van der Waals surface area contributed by atoms with Gasteiger partial charge in [-0.05, 0) is 54.3 Å². The number of ether oxygens (including phenoxy) is 1. The van der Waals surface area contributed by atoms with E-state index in [1.807, 2.05) is 18.2 Å². The van der Waals surface area contributed by atoms with Crippen LogP contribution in [0.5, 0.6) is 5.75 Å². The summed E-state index contributed by atoms with van der Waals surface area (Å²) in [5.41, 5.74) is 1.60. The third kappa shape index (κ3) is 2.76. The summed E-state index contributed by atoms with van der Waals surface area (Å²) in [6.45, 7) is 2.17. The van der Waals surface area contributed by atoms with E-state index in [1.54, 1.807) is 42.5 Å². The number of thiophene rings is 1. The van der Waals surface area contributed by atoms with Gasteiger partial charge in [-0.2, -0.15) is 0 Å². The van der Waals surface area contributed by atoms with Gasteiger partial charge < -0.3 is 9.84 Å². The van der Waals surface area contributed by atoms with Crippen molar-refractivity contribution in [1.82, 2.24) is 0 Å². The molecule has 0 fully saturated rings. The van der Waals surface area contributed by atoms with E-state index < -0.39 is 0 Å². The van der Waals surface area contributed by atoms with Crippen LogP contribution in [0.3, 0.4) is 0 Å². The zero-order chi connectivity index (χ0) is 14.8. The summed E-state index contributed by atoms with van der Waals surface area (Å²) in [5, 5.41) is 10.6. The van der Waals surface area contributed by atoms with E-state index in [2.05, 4.69) is 6.07 Å². The first-order chi connectivity index (χ1) is 10.2. The van der Waals surface area contributed by atoms with Gasteiger partial charge in [0.1, 0.15) is 5.75 Å². The predicted octanol–water partition coefficient (Wildman–Crippen LogP) is 4.45. The van der Waals surface area contributed by atoms with Crippen LogP contribution in [-0.2, 0) is 4.74 Å². The van der Waals surface area contributed by atoms with E-state index in [0.29, 0.717) is 12.2 Å². The lowest BCUT2D eigenvalue weighted by atomic mass is 10.1. The highest BCUT2D eigenvalue weighted by atomic mass is 32.1. The van der Waals surface area contributed by atoms with Crippen LogP contribution >= 0.6 is 11.3 Å². The van der Waals surface area contributed by atoms with Crippen LogP contribution in [-0.4, -0.2) is 17.7 Å². The van der Waals surface area contributed by atoms with Gasteiger partial charge in [0.15, 0.2) is 0 Å². The highest BCUT2D eigenvalue weighted by Gasteiger charge is 2.08. The molecule has 0 bridgehead atoms. The van der Waals surface area contributed by atoms with Crippen LogP contribution in [0, 0.1) is 0 Å². The zero-order valence-electron chi connectivity index (χ0n) is 11.5. The summed E-state index contributed by atoms with van der Waals surface area (Å²) in [4.78, 5) is 12.7. The van der Waals surface area contributed by atoms with Crippen molar-refractivity contribution < 1.29 is 14.6 Å². The molecule has 21 heavy (non-hydrogen) atoms. The van der Waals surface area contributed by atoms with E-state index in [1.165, 1.54) is 0 Å². The number of phenolic OH excluding ortho intramolecular Hbond substituents is 1. The number of benzene rings is 2. The topological polar surface area (TPSA) is 46.5 Å². The Morgan fingerprint density at radius 1 is 1.14 bits per heavy atom. The standard InChI is InChI=1S/C17H14O3S/c1-2-20-17(19)12-5-3-11(4-6-12)15-9-13-7-8-14(18)10-16(13)21-15/h3-10,18H,2H2,1H3. The van der Waals surface area contributed by atoms with Gasteiger partial charge in [-0.25, -0.2) is 4.79 Å². The number of aromatic hydroxyl groups is 1. The minimum atomic E-state index is -0.301. The summed E-state index contributed by atoms with van der Waals surface area (Å²) in [5.74, 6) is -0.0288. The Labute approximate surface area is 126 Å². The third-order valence-electron chi connectivity index (χ3n) is 3.18. The molecule has 4 heteroatoms. The number of carbonyl (C=O) groups excluding carboxylic acids is 1. The first-order valence-corrected chi connectivity index (χ1v) is 7.49. The molecule has 0 saturated heterocycles. The molecule has 0 amide bonds. The second-order valence-corrected chi connectivity index (χ2v) is 5.71. The fraction of sp³-hybridized carbons (Fsp3) is 0.118.